The first kappa shape index (κ1) is 54.7. The molecule has 386 valence electrons. The number of allylic oxidation sites excluding steroid dienone is 5. The van der Waals surface area contributed by atoms with Crippen molar-refractivity contribution in [3.63, 3.8) is 0 Å². The third kappa shape index (κ3) is 12.7. The molecular weight excluding hydrogens is 955 g/mol. The van der Waals surface area contributed by atoms with Crippen LogP contribution in [0.5, 0.6) is 0 Å². The van der Waals surface area contributed by atoms with Crippen LogP contribution in [0.2, 0.25) is 0 Å². The van der Waals surface area contributed by atoms with Crippen LogP contribution in [0.15, 0.2) is 82.1 Å². The summed E-state index contributed by atoms with van der Waals surface area (Å²) in [4.78, 5) is 73.2. The monoisotopic (exact) mass is 1020 g/mol. The van der Waals surface area contributed by atoms with E-state index in [4.69, 9.17) is 4.84 Å². The fourth-order valence-electron chi connectivity index (χ4n) is 9.60. The van der Waals surface area contributed by atoms with Crippen molar-refractivity contribution < 1.29 is 63.8 Å². The summed E-state index contributed by atoms with van der Waals surface area (Å²) in [7, 11) is 0.703. The van der Waals surface area contributed by atoms with Crippen molar-refractivity contribution in [2.75, 3.05) is 78.6 Å². The minimum Gasteiger partial charge on any atom is -0.372 e. The number of para-hydroxylation sites is 1. The Balaban J connectivity index is 1.27. The predicted molar refractivity (Wildman–Crippen MR) is 267 cm³/mol. The highest BCUT2D eigenvalue weighted by atomic mass is 32.2. The number of imide groups is 1. The summed E-state index contributed by atoms with van der Waals surface area (Å²) < 4.78 is 72.3. The number of carbonyl (C=O) groups is 5. The highest BCUT2D eigenvalue weighted by Gasteiger charge is 2.48. The molecule has 3 aliphatic heterocycles. The van der Waals surface area contributed by atoms with Crippen molar-refractivity contribution in [2.45, 2.75) is 101 Å². The van der Waals surface area contributed by atoms with Crippen molar-refractivity contribution in [3.8, 4) is 0 Å². The molecule has 2 aromatic rings. The van der Waals surface area contributed by atoms with Gasteiger partial charge in [0.15, 0.2) is 11.5 Å². The summed E-state index contributed by atoms with van der Waals surface area (Å²) in [5, 5.41) is 6.38. The highest BCUT2D eigenvalue weighted by Crippen LogP contribution is 2.49. The van der Waals surface area contributed by atoms with Crippen LogP contribution in [0, 0.1) is 0 Å². The number of amides is 3. The molecule has 4 aliphatic rings. The molecule has 0 radical (unpaired) electrons. The molecule has 0 saturated carbocycles. The van der Waals surface area contributed by atoms with Crippen LogP contribution in [-0.4, -0.2) is 160 Å². The summed E-state index contributed by atoms with van der Waals surface area (Å²) in [5.74, 6) is -3.90. The van der Waals surface area contributed by atoms with Gasteiger partial charge in [-0.15, -0.1) is 5.06 Å². The van der Waals surface area contributed by atoms with Gasteiger partial charge in [-0.25, -0.2) is 4.79 Å². The van der Waals surface area contributed by atoms with Gasteiger partial charge in [0.25, 0.3) is 32.1 Å². The standard InChI is InChI=1S/C50H67N7O12S2/c1-49(2)36-17-12-13-18-40(36)55(26-15-16-28-57(7,8)9)42(49)31-35-46(34(47(35)61)30-41-50(3,4)37-29-33(71(66,67)68)20-21-39(37)54(41)6)52-38(32-70(63,64)65)48(62)51-24-27-53(5)25-14-10-11-19-45(60)69-56-43(58)22-23-44(56)59/h12-13,17-18,20-21,29-31,38H,10-11,14-16,19,22-28,32H2,1-9H3,(H2-2,51,52,61,62,63,64,65,66,67,68)/p+2. The largest absolute Gasteiger partial charge is 0.372 e. The van der Waals surface area contributed by atoms with E-state index in [0.29, 0.717) is 60.9 Å². The molecule has 3 amide bonds. The number of carbonyl (C=O) groups excluding carboxylic acids is 5. The van der Waals surface area contributed by atoms with E-state index in [-0.39, 0.29) is 53.3 Å². The Bertz CT molecular complexity index is 2830. The molecule has 71 heavy (non-hydrogen) atoms. The van der Waals surface area contributed by atoms with E-state index < -0.39 is 66.6 Å². The van der Waals surface area contributed by atoms with Gasteiger partial charge in [0, 0.05) is 79.0 Å². The van der Waals surface area contributed by atoms with Gasteiger partial charge in [-0.3, -0.25) is 28.3 Å². The molecular formula is C50H69N7O12S2+2. The number of quaternary nitrogens is 1. The van der Waals surface area contributed by atoms with E-state index >= 15 is 0 Å². The first-order valence-electron chi connectivity index (χ1n) is 23.9. The Morgan fingerprint density at radius 3 is 2.21 bits per heavy atom. The van der Waals surface area contributed by atoms with Crippen LogP contribution < -0.4 is 15.5 Å². The van der Waals surface area contributed by atoms with Crippen LogP contribution in [0.3, 0.4) is 0 Å². The van der Waals surface area contributed by atoms with Crippen molar-refractivity contribution >= 4 is 66.8 Å². The van der Waals surface area contributed by atoms with Gasteiger partial charge in [0.1, 0.15) is 18.8 Å². The predicted octanol–water partition coefficient (Wildman–Crippen LogP) is 3.93. The third-order valence-corrected chi connectivity index (χ3v) is 15.2. The molecule has 19 nitrogen and oxygen atoms in total. The molecule has 2 aromatic carbocycles. The lowest BCUT2D eigenvalue weighted by atomic mass is 9.76. The van der Waals surface area contributed by atoms with Gasteiger partial charge in [0.2, 0.25) is 11.6 Å². The number of hydroxylamine groups is 2. The van der Waals surface area contributed by atoms with Gasteiger partial charge in [-0.1, -0.05) is 38.5 Å². The topological polar surface area (TPSA) is 240 Å². The molecule has 0 aromatic heterocycles. The van der Waals surface area contributed by atoms with Crippen LogP contribution in [0.1, 0.15) is 90.2 Å². The molecule has 21 heteroatoms. The van der Waals surface area contributed by atoms with Crippen LogP contribution in [0.4, 0.5) is 11.4 Å². The number of anilines is 1. The van der Waals surface area contributed by atoms with E-state index in [9.17, 15) is 49.9 Å². The zero-order valence-corrected chi connectivity index (χ0v) is 43.8. The number of fused-ring (bicyclic) bond motifs is 2. The average molecular weight is 1020 g/mol. The lowest BCUT2D eigenvalue weighted by Gasteiger charge is -2.32. The number of hydrogen-bond donors (Lipinski definition) is 4. The maximum Gasteiger partial charge on any atom is 0.333 e. The molecule has 0 bridgehead atoms. The number of ketones is 1. The van der Waals surface area contributed by atoms with Crippen LogP contribution in [-0.2, 0) is 59.9 Å². The fourth-order valence-corrected chi connectivity index (χ4v) is 10.8. The van der Waals surface area contributed by atoms with Crippen molar-refractivity contribution in [3.05, 3.63) is 88.3 Å². The van der Waals surface area contributed by atoms with E-state index in [0.717, 1.165) is 40.8 Å². The quantitative estimate of drug-likeness (QED) is 0.0308. The van der Waals surface area contributed by atoms with Gasteiger partial charge >= 0.3 is 5.97 Å². The number of hydrogen-bond acceptors (Lipinski definition) is 13. The number of nitrogens with one attached hydrogen (secondary N) is 2. The number of likely N-dealkylation sites (N-methyl/N-ethyl adjacent to an activating group) is 1. The molecule has 1 fully saturated rings. The SMILES string of the molecule is CN(CCCCCC(=O)ON1C(=O)CCC1=O)CCNC(=O)C(CS(=O)(=O)O)NC1=C(/C=C2/N(CCCC[N+](C)(C)C)c3ccccc3C2(C)C)C(=O)/C1=C\C1=[N+](C)c2ccc(S(=O)(=O)O)cc2C1(C)C. The van der Waals surface area contributed by atoms with Crippen molar-refractivity contribution in [2.24, 2.45) is 0 Å². The van der Waals surface area contributed by atoms with E-state index in [1.807, 2.05) is 44.0 Å². The first-order valence-corrected chi connectivity index (χ1v) is 26.9. The molecule has 1 aliphatic carbocycles. The van der Waals surface area contributed by atoms with Crippen molar-refractivity contribution in [1.82, 2.24) is 20.6 Å². The highest BCUT2D eigenvalue weighted by molar-refractivity contribution is 7.86. The van der Waals surface area contributed by atoms with Gasteiger partial charge in [0.05, 0.1) is 49.3 Å². The molecule has 1 saturated heterocycles. The molecule has 1 atom stereocenters. The Morgan fingerprint density at radius 2 is 1.56 bits per heavy atom. The molecule has 6 rings (SSSR count). The summed E-state index contributed by atoms with van der Waals surface area (Å²) in [6.07, 6.45) is 7.08. The van der Waals surface area contributed by atoms with E-state index in [1.54, 1.807) is 29.8 Å². The minimum absolute atomic E-state index is 0.0130. The van der Waals surface area contributed by atoms with Gasteiger partial charge < -0.3 is 29.8 Å². The maximum atomic E-state index is 14.7. The second-order valence-corrected chi connectivity index (χ2v) is 23.8. The number of Topliss-reactive ketones (excluding diaryl/α,β-unsaturated/α-hetero) is 1. The van der Waals surface area contributed by atoms with Crippen LogP contribution in [0.25, 0.3) is 0 Å². The van der Waals surface area contributed by atoms with Crippen LogP contribution >= 0.6 is 0 Å². The molecule has 4 N–H and O–H groups in total. The minimum atomic E-state index is -4.77. The number of rotatable bonds is 23. The Morgan fingerprint density at radius 1 is 0.887 bits per heavy atom. The summed E-state index contributed by atoms with van der Waals surface area (Å²) in [6.45, 7) is 10.5. The smallest absolute Gasteiger partial charge is 0.333 e. The lowest BCUT2D eigenvalue weighted by Crippen LogP contribution is -2.51. The number of unbranched alkanes of at least 4 members (excludes halogenated alkanes) is 3. The summed E-state index contributed by atoms with van der Waals surface area (Å²) in [5.41, 5.74) is 3.72. The zero-order valence-electron chi connectivity index (χ0n) is 42.2. The lowest BCUT2D eigenvalue weighted by molar-refractivity contribution is -0.870. The molecule has 1 unspecified atom stereocenters. The summed E-state index contributed by atoms with van der Waals surface area (Å²) >= 11 is 0. The molecule has 0 spiro atoms. The Labute approximate surface area is 417 Å². The van der Waals surface area contributed by atoms with Gasteiger partial charge in [-0.2, -0.15) is 21.4 Å². The van der Waals surface area contributed by atoms with E-state index in [2.05, 4.69) is 56.6 Å². The van der Waals surface area contributed by atoms with E-state index in [1.165, 1.54) is 12.1 Å². The fraction of sp³-hybridized carbons (Fsp3) is 0.520. The van der Waals surface area contributed by atoms with Gasteiger partial charge in [-0.05, 0) is 83.0 Å². The number of benzene rings is 2. The maximum absolute atomic E-state index is 14.7. The Hall–Kier alpha value is -5.58. The number of nitrogens with zero attached hydrogens (tertiary/aromatic N) is 5. The Kier molecular flexibility index (Phi) is 16.4. The normalized spacial score (nSPS) is 19.2. The second-order valence-electron chi connectivity index (χ2n) is 20.8. The summed E-state index contributed by atoms with van der Waals surface area (Å²) in [6, 6.07) is 10.7. The molecule has 3 heterocycles. The zero-order chi connectivity index (χ0) is 52.4. The first-order chi connectivity index (χ1) is 33.0. The average Bonchev–Trinajstić information content (AvgIpc) is 3.77. The third-order valence-electron chi connectivity index (χ3n) is 13.6. The second kappa shape index (κ2) is 21.3. The van der Waals surface area contributed by atoms with Crippen molar-refractivity contribution in [1.29, 1.82) is 0 Å².